The fraction of sp³-hybridized carbons (Fsp3) is 0.750. The van der Waals surface area contributed by atoms with Crippen LogP contribution in [0.3, 0.4) is 0 Å². The highest BCUT2D eigenvalue weighted by Gasteiger charge is 2.30. The van der Waals surface area contributed by atoms with E-state index >= 15 is 0 Å². The second-order valence-electron chi connectivity index (χ2n) is 3.97. The van der Waals surface area contributed by atoms with Crippen LogP contribution >= 0.6 is 34.0 Å². The molecule has 0 amide bonds. The van der Waals surface area contributed by atoms with Gasteiger partial charge in [0.15, 0.2) is 0 Å². The zero-order chi connectivity index (χ0) is 13.0. The Morgan fingerprint density at radius 3 is 1.41 bits per heavy atom. The first-order valence-corrected chi connectivity index (χ1v) is 6.87. The Morgan fingerprint density at radius 2 is 1.24 bits per heavy atom. The molecule has 6 N–H and O–H groups in total. The molecule has 0 heterocycles. The number of carboxylic acid groups (broad SMARTS) is 2. The lowest BCUT2D eigenvalue weighted by Crippen LogP contribution is -2.48. The maximum Gasteiger partial charge on any atom is 0.324 e. The normalized spacial score (nSPS) is 17.4. The molecule has 0 aliphatic rings. The molecule has 0 aliphatic heterocycles. The number of carbonyl (C=O) groups is 2. The van der Waals surface area contributed by atoms with Gasteiger partial charge in [-0.3, -0.25) is 9.59 Å². The summed E-state index contributed by atoms with van der Waals surface area (Å²) in [5, 5.41) is 17.4. The van der Waals surface area contributed by atoms with Crippen LogP contribution in [-0.2, 0) is 9.59 Å². The van der Waals surface area contributed by atoms with Gasteiger partial charge >= 0.3 is 11.9 Å². The van der Waals surface area contributed by atoms with Gasteiger partial charge in [0.2, 0.25) is 0 Å². The Morgan fingerprint density at radius 1 is 1.00 bits per heavy atom. The van der Waals surface area contributed by atoms with E-state index in [-0.39, 0.29) is 23.9 Å². The lowest BCUT2D eigenvalue weighted by molar-refractivity contribution is -0.142. The quantitative estimate of drug-likeness (QED) is 0.393. The van der Waals surface area contributed by atoms with Crippen LogP contribution in [0.5, 0.6) is 0 Å². The number of carboxylic acids is 2. The first kappa shape index (κ1) is 19.2. The van der Waals surface area contributed by atoms with Crippen LogP contribution in [0.15, 0.2) is 0 Å². The third kappa shape index (κ3) is 6.99. The average molecular weight is 305 g/mol. The van der Waals surface area contributed by atoms with Crippen molar-refractivity contribution in [1.82, 2.24) is 0 Å². The molecule has 0 bridgehead atoms. The van der Waals surface area contributed by atoms with Gasteiger partial charge in [-0.1, -0.05) is 21.6 Å². The van der Waals surface area contributed by atoms with E-state index in [1.807, 2.05) is 0 Å². The highest BCUT2D eigenvalue weighted by Crippen LogP contribution is 2.27. The number of hydrogen-bond donors (Lipinski definition) is 4. The Hall–Kier alpha value is -0.150. The van der Waals surface area contributed by atoms with Gasteiger partial charge in [-0.2, -0.15) is 0 Å². The maximum absolute atomic E-state index is 10.7. The van der Waals surface area contributed by atoms with E-state index in [0.717, 1.165) is 0 Å². The molecule has 0 aliphatic carbocycles. The molecule has 9 heteroatoms. The van der Waals surface area contributed by atoms with Gasteiger partial charge in [-0.05, 0) is 13.8 Å². The highest BCUT2D eigenvalue weighted by atomic mass is 35.5. The lowest BCUT2D eigenvalue weighted by Gasteiger charge is -2.20. The number of halogens is 1. The summed E-state index contributed by atoms with van der Waals surface area (Å²) in [7, 11) is 2.40. The van der Waals surface area contributed by atoms with Crippen molar-refractivity contribution < 1.29 is 19.8 Å². The lowest BCUT2D eigenvalue weighted by atomic mass is 10.1. The fourth-order valence-corrected chi connectivity index (χ4v) is 3.32. The smallest absolute Gasteiger partial charge is 0.324 e. The topological polar surface area (TPSA) is 127 Å². The molecule has 2 atom stereocenters. The van der Waals surface area contributed by atoms with Crippen molar-refractivity contribution in [2.45, 2.75) is 24.9 Å². The first-order valence-electron chi connectivity index (χ1n) is 4.38. The molecule has 0 fully saturated rings. The Labute approximate surface area is 114 Å². The molecular formula is C8H17ClN2O4S2. The molecule has 17 heavy (non-hydrogen) atoms. The Bertz CT molecular complexity index is 259. The minimum absolute atomic E-state index is 0. The standard InChI is InChI=1S/C8H16N2O4S2.ClH/c1-7(9,5(11)12)3-15-16-4-8(2,10)6(13)14;/h3-4,9-10H2,1-2H3,(H,11,12)(H,13,14);1H. The van der Waals surface area contributed by atoms with Crippen molar-refractivity contribution in [2.24, 2.45) is 11.5 Å². The number of nitrogens with two attached hydrogens (primary N) is 2. The van der Waals surface area contributed by atoms with E-state index in [9.17, 15) is 9.59 Å². The van der Waals surface area contributed by atoms with E-state index in [4.69, 9.17) is 21.7 Å². The van der Waals surface area contributed by atoms with Crippen LogP contribution in [0, 0.1) is 0 Å². The summed E-state index contributed by atoms with van der Waals surface area (Å²) in [5.41, 5.74) is 8.35. The summed E-state index contributed by atoms with van der Waals surface area (Å²) in [5.74, 6) is -1.81. The van der Waals surface area contributed by atoms with Gasteiger partial charge < -0.3 is 21.7 Å². The van der Waals surface area contributed by atoms with Gasteiger partial charge in [0.1, 0.15) is 11.1 Å². The molecule has 0 saturated heterocycles. The van der Waals surface area contributed by atoms with Crippen LogP contribution in [0.1, 0.15) is 13.8 Å². The zero-order valence-corrected chi connectivity index (χ0v) is 12.0. The molecule has 0 radical (unpaired) electrons. The summed E-state index contributed by atoms with van der Waals surface area (Å²) in [6, 6.07) is 0. The van der Waals surface area contributed by atoms with Crippen molar-refractivity contribution >= 4 is 45.9 Å². The van der Waals surface area contributed by atoms with E-state index in [0.29, 0.717) is 0 Å². The maximum atomic E-state index is 10.7. The van der Waals surface area contributed by atoms with E-state index < -0.39 is 23.0 Å². The van der Waals surface area contributed by atoms with Crippen LogP contribution in [0.25, 0.3) is 0 Å². The second-order valence-corrected chi connectivity index (χ2v) is 6.43. The molecule has 0 rings (SSSR count). The molecule has 6 nitrogen and oxygen atoms in total. The van der Waals surface area contributed by atoms with Gasteiger partial charge in [-0.25, -0.2) is 0 Å². The number of aliphatic carboxylic acids is 2. The van der Waals surface area contributed by atoms with E-state index in [1.54, 1.807) is 0 Å². The Balaban J connectivity index is 0. The summed E-state index contributed by atoms with van der Waals surface area (Å²) in [6.07, 6.45) is 0. The van der Waals surface area contributed by atoms with Crippen molar-refractivity contribution in [2.75, 3.05) is 11.5 Å². The molecule has 0 aromatic heterocycles. The largest absolute Gasteiger partial charge is 0.480 e. The van der Waals surface area contributed by atoms with Crippen molar-refractivity contribution in [3.05, 3.63) is 0 Å². The molecule has 0 aromatic rings. The zero-order valence-electron chi connectivity index (χ0n) is 9.50. The summed E-state index contributed by atoms with van der Waals surface area (Å²) in [4.78, 5) is 21.3. The van der Waals surface area contributed by atoms with Gasteiger partial charge in [0.05, 0.1) is 0 Å². The predicted molar refractivity (Wildman–Crippen MR) is 72.6 cm³/mol. The summed E-state index contributed by atoms with van der Waals surface area (Å²) in [6.45, 7) is 2.81. The van der Waals surface area contributed by atoms with Gasteiger partial charge in [0.25, 0.3) is 0 Å². The molecular weight excluding hydrogens is 288 g/mol. The predicted octanol–water partition coefficient (Wildman–Crippen LogP) is 0.394. The van der Waals surface area contributed by atoms with Crippen LogP contribution < -0.4 is 11.5 Å². The number of rotatable bonds is 7. The SMILES string of the molecule is CC(N)(CSSCC(C)(N)C(=O)O)C(=O)O.Cl. The highest BCUT2D eigenvalue weighted by molar-refractivity contribution is 8.76. The molecule has 0 spiro atoms. The van der Waals surface area contributed by atoms with Crippen LogP contribution in [0.4, 0.5) is 0 Å². The van der Waals surface area contributed by atoms with E-state index in [1.165, 1.54) is 35.4 Å². The third-order valence-electron chi connectivity index (χ3n) is 1.78. The van der Waals surface area contributed by atoms with Crippen LogP contribution in [0.2, 0.25) is 0 Å². The molecule has 0 aromatic carbocycles. The third-order valence-corrected chi connectivity index (χ3v) is 4.59. The molecule has 2 unspecified atom stereocenters. The summed E-state index contributed by atoms with van der Waals surface area (Å²) >= 11 is 0. The van der Waals surface area contributed by atoms with Crippen molar-refractivity contribution in [3.63, 3.8) is 0 Å². The van der Waals surface area contributed by atoms with Gasteiger partial charge in [-0.15, -0.1) is 12.4 Å². The number of hydrogen-bond acceptors (Lipinski definition) is 6. The monoisotopic (exact) mass is 304 g/mol. The average Bonchev–Trinajstić information content (AvgIpc) is 2.12. The molecule has 0 saturated carbocycles. The summed E-state index contributed by atoms with van der Waals surface area (Å²) < 4.78 is 0. The molecule has 102 valence electrons. The van der Waals surface area contributed by atoms with Gasteiger partial charge in [0, 0.05) is 11.5 Å². The first-order chi connectivity index (χ1) is 7.09. The van der Waals surface area contributed by atoms with Crippen molar-refractivity contribution in [1.29, 1.82) is 0 Å². The minimum Gasteiger partial charge on any atom is -0.480 e. The van der Waals surface area contributed by atoms with Crippen LogP contribution in [-0.4, -0.2) is 44.7 Å². The Kier molecular flexibility index (Phi) is 8.27. The van der Waals surface area contributed by atoms with Crippen molar-refractivity contribution in [3.8, 4) is 0 Å². The fourth-order valence-electron chi connectivity index (χ4n) is 0.452. The van der Waals surface area contributed by atoms with E-state index in [2.05, 4.69) is 0 Å². The second kappa shape index (κ2) is 7.32. The minimum atomic E-state index is -1.31.